The van der Waals surface area contributed by atoms with Gasteiger partial charge in [0, 0.05) is 17.9 Å². The zero-order chi connectivity index (χ0) is 34.1. The fourth-order valence-corrected chi connectivity index (χ4v) is 7.13. The Hall–Kier alpha value is -5.93. The van der Waals surface area contributed by atoms with E-state index in [4.69, 9.17) is 14.3 Å². The molecule has 7 aromatic rings. The lowest BCUT2D eigenvalue weighted by atomic mass is 9.86. The van der Waals surface area contributed by atoms with Crippen LogP contribution < -0.4 is 9.46 Å². The van der Waals surface area contributed by atoms with E-state index in [1.165, 1.54) is 6.92 Å². The number of carbonyl (C=O) groups is 1. The molecule has 0 fully saturated rings. The lowest BCUT2D eigenvalue weighted by Gasteiger charge is -2.20. The predicted molar refractivity (Wildman–Crippen MR) is 191 cm³/mol. The second-order valence-electron chi connectivity index (χ2n) is 11.9. The van der Waals surface area contributed by atoms with E-state index in [0.717, 1.165) is 22.3 Å². The third-order valence-corrected chi connectivity index (χ3v) is 9.65. The number of ether oxygens (including phenoxy) is 1. The van der Waals surface area contributed by atoms with Crippen LogP contribution in [0.4, 0.5) is 5.69 Å². The second kappa shape index (κ2) is 12.9. The number of sulfonamides is 1. The highest BCUT2D eigenvalue weighted by Crippen LogP contribution is 2.49. The van der Waals surface area contributed by atoms with E-state index in [0.29, 0.717) is 33.7 Å². The van der Waals surface area contributed by atoms with Crippen LogP contribution in [0.3, 0.4) is 0 Å². The average molecular weight is 668 g/mol. The van der Waals surface area contributed by atoms with Crippen molar-refractivity contribution in [2.45, 2.75) is 31.6 Å². The summed E-state index contributed by atoms with van der Waals surface area (Å²) in [6.07, 6.45) is 0. The van der Waals surface area contributed by atoms with E-state index in [1.54, 1.807) is 35.0 Å². The van der Waals surface area contributed by atoms with Crippen LogP contribution in [0.15, 0.2) is 143 Å². The van der Waals surface area contributed by atoms with Crippen LogP contribution in [-0.2, 0) is 14.8 Å². The van der Waals surface area contributed by atoms with Crippen molar-refractivity contribution >= 4 is 32.6 Å². The summed E-state index contributed by atoms with van der Waals surface area (Å²) in [5, 5.41) is 5.67. The first-order valence-corrected chi connectivity index (χ1v) is 17.3. The lowest BCUT2D eigenvalue weighted by molar-refractivity contribution is -0.132. The van der Waals surface area contributed by atoms with Crippen molar-refractivity contribution < 1.29 is 22.4 Å². The summed E-state index contributed by atoms with van der Waals surface area (Å²) in [4.78, 5) is 13.0. The average Bonchev–Trinajstić information content (AvgIpc) is 3.64. The van der Waals surface area contributed by atoms with Gasteiger partial charge in [-0.2, -0.15) is 9.78 Å². The van der Waals surface area contributed by atoms with E-state index in [-0.39, 0.29) is 16.5 Å². The maximum atomic E-state index is 14.0. The standard InChI is InChI=1S/C40H33N3O5S/c1-26-21-23-32(24-22-26)49(45,46)42-38-33-19-10-11-20-34(33)48-39(38)35(29-14-6-4-7-15-29)36-37(30-16-12-13-27(2)25-30)41-43(40(36)47-28(3)44)31-17-8-5-9-18-31/h4-25,35,42H,1-3H3. The summed E-state index contributed by atoms with van der Waals surface area (Å²) in [7, 11) is -4.06. The van der Waals surface area contributed by atoms with Crippen molar-refractivity contribution in [3.63, 3.8) is 0 Å². The summed E-state index contributed by atoms with van der Waals surface area (Å²) < 4.78 is 45.2. The number of nitrogens with zero attached hydrogens (tertiary/aromatic N) is 2. The molecule has 2 aromatic heterocycles. The number of hydrogen-bond donors (Lipinski definition) is 1. The smallest absolute Gasteiger partial charge is 0.309 e. The Labute approximate surface area is 284 Å². The van der Waals surface area contributed by atoms with Gasteiger partial charge in [0.25, 0.3) is 10.0 Å². The number of anilines is 1. The number of fused-ring (bicyclic) bond motifs is 1. The third kappa shape index (κ3) is 6.24. The zero-order valence-corrected chi connectivity index (χ0v) is 27.9. The molecule has 1 unspecified atom stereocenters. The summed E-state index contributed by atoms with van der Waals surface area (Å²) in [5.41, 5.74) is 6.03. The summed E-state index contributed by atoms with van der Waals surface area (Å²) >= 11 is 0. The molecule has 7 rings (SSSR count). The van der Waals surface area contributed by atoms with Gasteiger partial charge in [0.15, 0.2) is 0 Å². The second-order valence-corrected chi connectivity index (χ2v) is 13.6. The van der Waals surface area contributed by atoms with Crippen molar-refractivity contribution in [3.05, 3.63) is 161 Å². The molecule has 0 saturated carbocycles. The van der Waals surface area contributed by atoms with Gasteiger partial charge in [0.1, 0.15) is 17.0 Å². The molecule has 244 valence electrons. The van der Waals surface area contributed by atoms with Gasteiger partial charge in [-0.05, 0) is 61.9 Å². The van der Waals surface area contributed by atoms with Crippen LogP contribution in [0.2, 0.25) is 0 Å². The van der Waals surface area contributed by atoms with Crippen molar-refractivity contribution in [1.82, 2.24) is 9.78 Å². The number of carbonyl (C=O) groups excluding carboxylic acids is 1. The molecule has 8 nitrogen and oxygen atoms in total. The van der Waals surface area contributed by atoms with Gasteiger partial charge >= 0.3 is 5.97 Å². The number of hydrogen-bond acceptors (Lipinski definition) is 6. The van der Waals surface area contributed by atoms with E-state index in [1.807, 2.05) is 117 Å². The van der Waals surface area contributed by atoms with Gasteiger partial charge in [-0.25, -0.2) is 8.42 Å². The maximum absolute atomic E-state index is 14.0. The topological polar surface area (TPSA) is 103 Å². The highest BCUT2D eigenvalue weighted by molar-refractivity contribution is 7.92. The van der Waals surface area contributed by atoms with E-state index < -0.39 is 21.9 Å². The Kier molecular flexibility index (Phi) is 8.36. The van der Waals surface area contributed by atoms with Crippen LogP contribution in [0.5, 0.6) is 5.88 Å². The molecule has 0 saturated heterocycles. The first-order valence-electron chi connectivity index (χ1n) is 15.8. The molecule has 0 aliphatic carbocycles. The number of aromatic nitrogens is 2. The quantitative estimate of drug-likeness (QED) is 0.154. The van der Waals surface area contributed by atoms with Crippen molar-refractivity contribution in [2.75, 3.05) is 4.72 Å². The molecule has 1 atom stereocenters. The lowest BCUT2D eigenvalue weighted by Crippen LogP contribution is -2.16. The molecule has 9 heteroatoms. The largest absolute Gasteiger partial charge is 0.458 e. The van der Waals surface area contributed by atoms with Crippen LogP contribution in [0, 0.1) is 13.8 Å². The minimum absolute atomic E-state index is 0.114. The first kappa shape index (κ1) is 31.7. The highest BCUT2D eigenvalue weighted by atomic mass is 32.2. The van der Waals surface area contributed by atoms with Crippen molar-refractivity contribution in [2.24, 2.45) is 0 Å². The fraction of sp³-hybridized carbons (Fsp3) is 0.100. The monoisotopic (exact) mass is 667 g/mol. The van der Waals surface area contributed by atoms with Crippen LogP contribution in [0.1, 0.15) is 40.9 Å². The third-order valence-electron chi connectivity index (χ3n) is 8.28. The number of nitrogens with one attached hydrogen (secondary N) is 1. The van der Waals surface area contributed by atoms with Crippen LogP contribution in [-0.4, -0.2) is 24.2 Å². The van der Waals surface area contributed by atoms with Crippen molar-refractivity contribution in [1.29, 1.82) is 0 Å². The molecule has 0 spiro atoms. The summed E-state index contributed by atoms with van der Waals surface area (Å²) in [6, 6.07) is 40.9. The molecule has 5 aromatic carbocycles. The Morgan fingerprint density at radius 2 is 1.47 bits per heavy atom. The van der Waals surface area contributed by atoms with Crippen molar-refractivity contribution in [3.8, 4) is 22.8 Å². The van der Waals surface area contributed by atoms with Gasteiger partial charge in [-0.15, -0.1) is 0 Å². The van der Waals surface area contributed by atoms with E-state index in [9.17, 15) is 13.2 Å². The SMILES string of the molecule is CC(=O)Oc1c(C(c2ccccc2)c2oc3ccccc3c2NS(=O)(=O)c2ccc(C)cc2)c(-c2cccc(C)c2)nn1-c1ccccc1. The molecule has 0 aliphatic rings. The Balaban J connectivity index is 1.57. The van der Waals surface area contributed by atoms with Gasteiger partial charge in [0.05, 0.1) is 27.8 Å². The Morgan fingerprint density at radius 1 is 0.796 bits per heavy atom. The minimum Gasteiger partial charge on any atom is -0.458 e. The molecular formula is C40H33N3O5S. The summed E-state index contributed by atoms with van der Waals surface area (Å²) in [5.74, 6) is -0.813. The first-order chi connectivity index (χ1) is 23.7. The van der Waals surface area contributed by atoms with E-state index >= 15 is 0 Å². The number of aryl methyl sites for hydroxylation is 2. The molecule has 1 N–H and O–H groups in total. The number of benzene rings is 5. The fourth-order valence-electron chi connectivity index (χ4n) is 6.04. The molecular weight excluding hydrogens is 635 g/mol. The molecule has 0 radical (unpaired) electrons. The van der Waals surface area contributed by atoms with Gasteiger partial charge in [-0.3, -0.25) is 9.52 Å². The number of esters is 1. The van der Waals surface area contributed by atoms with Gasteiger partial charge in [0.2, 0.25) is 5.88 Å². The molecule has 2 heterocycles. The number of para-hydroxylation sites is 2. The van der Waals surface area contributed by atoms with Gasteiger partial charge in [-0.1, -0.05) is 102 Å². The van der Waals surface area contributed by atoms with Crippen LogP contribution >= 0.6 is 0 Å². The summed E-state index contributed by atoms with van der Waals surface area (Å²) in [6.45, 7) is 5.24. The number of rotatable bonds is 9. The van der Waals surface area contributed by atoms with Crippen LogP contribution in [0.25, 0.3) is 27.9 Å². The molecule has 0 amide bonds. The molecule has 0 aliphatic heterocycles. The predicted octanol–water partition coefficient (Wildman–Crippen LogP) is 8.81. The molecule has 0 bridgehead atoms. The van der Waals surface area contributed by atoms with E-state index in [2.05, 4.69) is 4.72 Å². The number of furan rings is 1. The Bertz CT molecular complexity index is 2400. The molecule has 49 heavy (non-hydrogen) atoms. The zero-order valence-electron chi connectivity index (χ0n) is 27.1. The highest BCUT2D eigenvalue weighted by Gasteiger charge is 2.36. The normalized spacial score (nSPS) is 12.1. The Morgan fingerprint density at radius 3 is 2.16 bits per heavy atom. The maximum Gasteiger partial charge on any atom is 0.309 e. The minimum atomic E-state index is -4.06. The van der Waals surface area contributed by atoms with Gasteiger partial charge < -0.3 is 9.15 Å².